The molecule has 1 aliphatic heterocycles. The lowest BCUT2D eigenvalue weighted by Crippen LogP contribution is -2.43. The molecule has 8 nitrogen and oxygen atoms in total. The summed E-state index contributed by atoms with van der Waals surface area (Å²) in [4.78, 5) is 49.4. The summed E-state index contributed by atoms with van der Waals surface area (Å²) in [7, 11) is 0. The number of ether oxygens (including phenoxy) is 1. The van der Waals surface area contributed by atoms with Crippen LogP contribution in [0.1, 0.15) is 31.2 Å². The van der Waals surface area contributed by atoms with Crippen molar-refractivity contribution in [2.45, 2.75) is 32.2 Å². The van der Waals surface area contributed by atoms with Crippen molar-refractivity contribution in [3.05, 3.63) is 35.9 Å². The number of hydrogen-bond donors (Lipinski definition) is 2. The number of imide groups is 1. The first-order valence-corrected chi connectivity index (χ1v) is 9.60. The number of rotatable bonds is 6. The number of urea groups is 1. The van der Waals surface area contributed by atoms with E-state index in [4.69, 9.17) is 4.74 Å². The lowest BCUT2D eigenvalue weighted by atomic mass is 9.97. The molecule has 1 saturated heterocycles. The van der Waals surface area contributed by atoms with Gasteiger partial charge in [-0.2, -0.15) is 0 Å². The highest BCUT2D eigenvalue weighted by atomic mass is 16.5. The van der Waals surface area contributed by atoms with E-state index < -0.39 is 24.5 Å². The van der Waals surface area contributed by atoms with Crippen LogP contribution in [0, 0.1) is 11.8 Å². The second-order valence-corrected chi connectivity index (χ2v) is 7.20. The minimum atomic E-state index is -0.680. The quantitative estimate of drug-likeness (QED) is 0.714. The monoisotopic (exact) mass is 387 g/mol. The summed E-state index contributed by atoms with van der Waals surface area (Å²) in [6.45, 7) is 0.878. The summed E-state index contributed by atoms with van der Waals surface area (Å²) in [6.07, 6.45) is 3.01. The van der Waals surface area contributed by atoms with Crippen LogP contribution < -0.4 is 10.6 Å². The second-order valence-electron chi connectivity index (χ2n) is 7.20. The molecule has 3 rings (SSSR count). The number of nitrogens with one attached hydrogen (secondary N) is 2. The predicted molar refractivity (Wildman–Crippen MR) is 99.8 cm³/mol. The number of carbonyl (C=O) groups excluding carboxylic acids is 4. The van der Waals surface area contributed by atoms with Crippen molar-refractivity contribution in [3.63, 3.8) is 0 Å². The Kier molecular flexibility index (Phi) is 6.62. The van der Waals surface area contributed by atoms with Crippen LogP contribution >= 0.6 is 0 Å². The Labute approximate surface area is 163 Å². The molecule has 0 bridgehead atoms. The molecule has 1 aromatic carbocycles. The lowest BCUT2D eigenvalue weighted by Gasteiger charge is -2.31. The molecule has 0 radical (unpaired) electrons. The number of nitrogens with zero attached hydrogens (tertiary/aromatic N) is 1. The summed E-state index contributed by atoms with van der Waals surface area (Å²) < 4.78 is 5.03. The van der Waals surface area contributed by atoms with Crippen molar-refractivity contribution >= 4 is 23.8 Å². The molecule has 0 atom stereocenters. The van der Waals surface area contributed by atoms with Gasteiger partial charge in [0.25, 0.3) is 5.91 Å². The van der Waals surface area contributed by atoms with Gasteiger partial charge in [-0.1, -0.05) is 30.3 Å². The van der Waals surface area contributed by atoms with Crippen molar-refractivity contribution in [1.29, 1.82) is 0 Å². The molecule has 1 heterocycles. The Hall–Kier alpha value is -2.90. The molecule has 0 unspecified atom stereocenters. The zero-order chi connectivity index (χ0) is 19.9. The van der Waals surface area contributed by atoms with Crippen LogP contribution in [0.4, 0.5) is 4.79 Å². The average molecular weight is 387 g/mol. The van der Waals surface area contributed by atoms with E-state index in [0.717, 1.165) is 18.4 Å². The Balaban J connectivity index is 1.31. The lowest BCUT2D eigenvalue weighted by molar-refractivity contribution is -0.154. The first-order valence-electron chi connectivity index (χ1n) is 9.60. The zero-order valence-electron chi connectivity index (χ0n) is 15.7. The van der Waals surface area contributed by atoms with Crippen LogP contribution in [0.15, 0.2) is 30.3 Å². The van der Waals surface area contributed by atoms with Crippen LogP contribution in [-0.2, 0) is 25.7 Å². The fourth-order valence-electron chi connectivity index (χ4n) is 3.16. The Bertz CT molecular complexity index is 725. The van der Waals surface area contributed by atoms with Crippen molar-refractivity contribution in [1.82, 2.24) is 15.5 Å². The molecule has 2 N–H and O–H groups in total. The number of esters is 1. The Morgan fingerprint density at radius 1 is 0.964 bits per heavy atom. The van der Waals surface area contributed by atoms with E-state index in [1.165, 1.54) is 0 Å². The maximum Gasteiger partial charge on any atom is 0.321 e. The largest absolute Gasteiger partial charge is 0.455 e. The standard InChI is InChI=1S/C20H25N3O5/c24-17(22-20(27)21-12-14-4-2-1-3-5-14)13-28-19(26)16-8-10-23(11-9-16)18(25)15-6-7-15/h1-5,15-16H,6-13H2,(H2,21,22,24,27). The van der Waals surface area contributed by atoms with Gasteiger partial charge < -0.3 is 15.0 Å². The van der Waals surface area contributed by atoms with Crippen LogP contribution in [0.3, 0.4) is 0 Å². The van der Waals surface area contributed by atoms with Gasteiger partial charge in [0.15, 0.2) is 6.61 Å². The van der Waals surface area contributed by atoms with Crippen LogP contribution in [0.5, 0.6) is 0 Å². The topological polar surface area (TPSA) is 105 Å². The molecule has 8 heteroatoms. The van der Waals surface area contributed by atoms with E-state index in [1.807, 2.05) is 35.2 Å². The maximum absolute atomic E-state index is 12.1. The maximum atomic E-state index is 12.1. The smallest absolute Gasteiger partial charge is 0.321 e. The molecular formula is C20H25N3O5. The van der Waals surface area contributed by atoms with Gasteiger partial charge in [0.05, 0.1) is 5.92 Å². The van der Waals surface area contributed by atoms with E-state index in [0.29, 0.717) is 25.9 Å². The summed E-state index contributed by atoms with van der Waals surface area (Å²) in [5.41, 5.74) is 0.906. The van der Waals surface area contributed by atoms with E-state index >= 15 is 0 Å². The molecule has 1 saturated carbocycles. The molecular weight excluding hydrogens is 362 g/mol. The molecule has 0 aromatic heterocycles. The molecule has 0 spiro atoms. The van der Waals surface area contributed by atoms with Gasteiger partial charge in [-0.15, -0.1) is 0 Å². The van der Waals surface area contributed by atoms with Crippen molar-refractivity contribution in [3.8, 4) is 0 Å². The second kappa shape index (κ2) is 9.34. The van der Waals surface area contributed by atoms with Gasteiger partial charge in [0, 0.05) is 25.6 Å². The number of likely N-dealkylation sites (tertiary alicyclic amines) is 1. The molecule has 2 fully saturated rings. The normalized spacial score (nSPS) is 16.9. The number of carbonyl (C=O) groups is 4. The average Bonchev–Trinajstić information content (AvgIpc) is 3.56. The third-order valence-electron chi connectivity index (χ3n) is 4.96. The van der Waals surface area contributed by atoms with Crippen molar-refractivity contribution in [2.24, 2.45) is 11.8 Å². The van der Waals surface area contributed by atoms with Crippen LogP contribution in [0.2, 0.25) is 0 Å². The van der Waals surface area contributed by atoms with E-state index in [1.54, 1.807) is 0 Å². The van der Waals surface area contributed by atoms with Crippen LogP contribution in [-0.4, -0.2) is 48.4 Å². The number of benzene rings is 1. The molecule has 4 amide bonds. The van der Waals surface area contributed by atoms with Gasteiger partial charge in [-0.3, -0.25) is 19.7 Å². The summed E-state index contributed by atoms with van der Waals surface area (Å²) in [5.74, 6) is -1.09. The summed E-state index contributed by atoms with van der Waals surface area (Å²) >= 11 is 0. The highest BCUT2D eigenvalue weighted by molar-refractivity contribution is 5.95. The minimum absolute atomic E-state index is 0.181. The number of piperidine rings is 1. The van der Waals surface area contributed by atoms with Gasteiger partial charge in [0.2, 0.25) is 5.91 Å². The first kappa shape index (κ1) is 19.9. The minimum Gasteiger partial charge on any atom is -0.455 e. The number of amides is 4. The van der Waals surface area contributed by atoms with Gasteiger partial charge >= 0.3 is 12.0 Å². The molecule has 150 valence electrons. The van der Waals surface area contributed by atoms with Gasteiger partial charge in [-0.25, -0.2) is 4.79 Å². The third-order valence-corrected chi connectivity index (χ3v) is 4.96. The highest BCUT2D eigenvalue weighted by Crippen LogP contribution is 2.32. The fourth-order valence-corrected chi connectivity index (χ4v) is 3.16. The third kappa shape index (κ3) is 5.80. The number of hydrogen-bond acceptors (Lipinski definition) is 5. The van der Waals surface area contributed by atoms with Crippen LogP contribution in [0.25, 0.3) is 0 Å². The Morgan fingerprint density at radius 3 is 2.29 bits per heavy atom. The van der Waals surface area contributed by atoms with E-state index in [-0.39, 0.29) is 24.3 Å². The predicted octanol–water partition coefficient (Wildman–Crippen LogP) is 1.20. The SMILES string of the molecule is O=C(COC(=O)C1CCN(C(=O)C2CC2)CC1)NC(=O)NCc1ccccc1. The van der Waals surface area contributed by atoms with Gasteiger partial charge in [0.1, 0.15) is 0 Å². The van der Waals surface area contributed by atoms with E-state index in [2.05, 4.69) is 10.6 Å². The highest BCUT2D eigenvalue weighted by Gasteiger charge is 2.36. The molecule has 2 aliphatic rings. The fraction of sp³-hybridized carbons (Fsp3) is 0.500. The van der Waals surface area contributed by atoms with Crippen molar-refractivity contribution < 1.29 is 23.9 Å². The molecule has 1 aromatic rings. The van der Waals surface area contributed by atoms with Crippen molar-refractivity contribution in [2.75, 3.05) is 19.7 Å². The molecule has 1 aliphatic carbocycles. The molecule has 28 heavy (non-hydrogen) atoms. The first-order chi connectivity index (χ1) is 13.5. The summed E-state index contributed by atoms with van der Waals surface area (Å²) in [5, 5.41) is 4.69. The summed E-state index contributed by atoms with van der Waals surface area (Å²) in [6, 6.07) is 8.64. The van der Waals surface area contributed by atoms with Gasteiger partial charge in [-0.05, 0) is 31.2 Å². The Morgan fingerprint density at radius 2 is 1.64 bits per heavy atom. The zero-order valence-corrected chi connectivity index (χ0v) is 15.7. The van der Waals surface area contributed by atoms with E-state index in [9.17, 15) is 19.2 Å².